The summed E-state index contributed by atoms with van der Waals surface area (Å²) in [5.41, 5.74) is 1.42. The predicted octanol–water partition coefficient (Wildman–Crippen LogP) is 1.29. The Bertz CT molecular complexity index is 513. The minimum absolute atomic E-state index is 0.137. The summed E-state index contributed by atoms with van der Waals surface area (Å²) < 4.78 is 1.90. The summed E-state index contributed by atoms with van der Waals surface area (Å²) in [5, 5.41) is 12.0. The number of nitrogens with zero attached hydrogens (tertiary/aromatic N) is 4. The van der Waals surface area contributed by atoms with Crippen LogP contribution in [0, 0.1) is 0 Å². The average molecular weight is 256 g/mol. The number of aryl methyl sites for hydroxylation is 1. The maximum atomic E-state index is 8.74. The van der Waals surface area contributed by atoms with Gasteiger partial charge in [0.2, 0.25) is 5.28 Å². The van der Waals surface area contributed by atoms with Crippen molar-refractivity contribution in [3.63, 3.8) is 0 Å². The second-order valence-electron chi connectivity index (χ2n) is 3.55. The van der Waals surface area contributed by atoms with Crippen molar-refractivity contribution in [1.29, 1.82) is 0 Å². The lowest BCUT2D eigenvalue weighted by atomic mass is 10.4. The molecule has 6 nitrogen and oxygen atoms in total. The molecule has 0 aliphatic carbocycles. The van der Waals surface area contributed by atoms with Gasteiger partial charge < -0.3 is 15.0 Å². The molecule has 0 saturated heterocycles. The Hall–Kier alpha value is -1.40. The lowest BCUT2D eigenvalue weighted by Gasteiger charge is -2.05. The molecule has 2 aromatic rings. The highest BCUT2D eigenvalue weighted by Crippen LogP contribution is 2.20. The van der Waals surface area contributed by atoms with E-state index < -0.39 is 0 Å². The second kappa shape index (κ2) is 5.29. The van der Waals surface area contributed by atoms with Crippen LogP contribution in [-0.2, 0) is 6.54 Å². The Labute approximate surface area is 104 Å². The number of aliphatic hydroxyl groups is 1. The molecule has 2 heterocycles. The number of halogens is 1. The van der Waals surface area contributed by atoms with Crippen LogP contribution in [0.15, 0.2) is 6.33 Å². The summed E-state index contributed by atoms with van der Waals surface area (Å²) in [6.07, 6.45) is 2.37. The third kappa shape index (κ3) is 2.48. The fraction of sp³-hybridized carbons (Fsp3) is 0.500. The van der Waals surface area contributed by atoms with E-state index in [0.717, 1.165) is 12.2 Å². The molecule has 0 amide bonds. The predicted molar refractivity (Wildman–Crippen MR) is 66.2 cm³/mol. The number of nitrogens with one attached hydrogen (secondary N) is 1. The molecule has 2 rings (SSSR count). The normalized spacial score (nSPS) is 11.0. The van der Waals surface area contributed by atoms with E-state index in [0.29, 0.717) is 24.3 Å². The molecular formula is C10H14ClN5O. The van der Waals surface area contributed by atoms with Gasteiger partial charge in [-0.15, -0.1) is 0 Å². The zero-order valence-electron chi connectivity index (χ0n) is 9.52. The molecule has 0 radical (unpaired) electrons. The lowest BCUT2D eigenvalue weighted by molar-refractivity contribution is 0.292. The third-order valence-electron chi connectivity index (χ3n) is 2.40. The zero-order chi connectivity index (χ0) is 12.3. The monoisotopic (exact) mass is 255 g/mol. The number of imidazole rings is 1. The van der Waals surface area contributed by atoms with E-state index in [4.69, 9.17) is 16.7 Å². The van der Waals surface area contributed by atoms with Crippen LogP contribution in [0.2, 0.25) is 5.28 Å². The summed E-state index contributed by atoms with van der Waals surface area (Å²) in [6.45, 7) is 3.55. The first-order valence-electron chi connectivity index (χ1n) is 5.49. The summed E-state index contributed by atoms with van der Waals surface area (Å²) in [6, 6.07) is 0. The Balaban J connectivity index is 2.37. The molecule has 0 bridgehead atoms. The van der Waals surface area contributed by atoms with E-state index in [1.54, 1.807) is 6.33 Å². The van der Waals surface area contributed by atoms with Crippen LogP contribution in [0.4, 0.5) is 5.82 Å². The van der Waals surface area contributed by atoms with E-state index in [9.17, 15) is 0 Å². The summed E-state index contributed by atoms with van der Waals surface area (Å²) in [5.74, 6) is 0.612. The standard InChI is InChI=1S/C10H14ClN5O/c1-2-16-6-13-7-8(12-4-3-5-17)14-10(11)15-9(7)16/h6,17H,2-5H2,1H3,(H,12,14,15). The smallest absolute Gasteiger partial charge is 0.226 e. The van der Waals surface area contributed by atoms with Crippen molar-refractivity contribution in [3.8, 4) is 0 Å². The number of fused-ring (bicyclic) bond motifs is 1. The van der Waals surface area contributed by atoms with Gasteiger partial charge in [-0.2, -0.15) is 9.97 Å². The van der Waals surface area contributed by atoms with Gasteiger partial charge in [0.25, 0.3) is 0 Å². The third-order valence-corrected chi connectivity index (χ3v) is 2.57. The molecule has 0 atom stereocenters. The van der Waals surface area contributed by atoms with Gasteiger partial charge in [0, 0.05) is 19.7 Å². The molecule has 0 aliphatic rings. The maximum Gasteiger partial charge on any atom is 0.226 e. The SMILES string of the molecule is CCn1cnc2c(NCCCO)nc(Cl)nc21. The molecule has 2 aromatic heterocycles. The minimum atomic E-state index is 0.137. The Morgan fingerprint density at radius 3 is 3.00 bits per heavy atom. The summed E-state index contributed by atoms with van der Waals surface area (Å²) >= 11 is 5.87. The molecule has 0 spiro atoms. The van der Waals surface area contributed by atoms with Crippen molar-refractivity contribution in [1.82, 2.24) is 19.5 Å². The van der Waals surface area contributed by atoms with Crippen molar-refractivity contribution < 1.29 is 5.11 Å². The van der Waals surface area contributed by atoms with Crippen molar-refractivity contribution in [2.45, 2.75) is 19.9 Å². The van der Waals surface area contributed by atoms with Gasteiger partial charge in [-0.1, -0.05) is 0 Å². The molecular weight excluding hydrogens is 242 g/mol. The van der Waals surface area contributed by atoms with E-state index in [1.165, 1.54) is 0 Å². The largest absolute Gasteiger partial charge is 0.396 e. The average Bonchev–Trinajstić information content (AvgIpc) is 2.72. The first kappa shape index (κ1) is 12.1. The van der Waals surface area contributed by atoms with Crippen LogP contribution in [0.3, 0.4) is 0 Å². The molecule has 0 unspecified atom stereocenters. The van der Waals surface area contributed by atoms with Gasteiger partial charge in [0.1, 0.15) is 0 Å². The highest BCUT2D eigenvalue weighted by molar-refractivity contribution is 6.28. The fourth-order valence-electron chi connectivity index (χ4n) is 1.56. The van der Waals surface area contributed by atoms with E-state index in [2.05, 4.69) is 20.3 Å². The van der Waals surface area contributed by atoms with E-state index in [-0.39, 0.29) is 11.9 Å². The number of aromatic nitrogens is 4. The summed E-state index contributed by atoms with van der Waals surface area (Å²) in [7, 11) is 0. The van der Waals surface area contributed by atoms with Crippen molar-refractivity contribution in [2.24, 2.45) is 0 Å². The molecule has 2 N–H and O–H groups in total. The van der Waals surface area contributed by atoms with Gasteiger partial charge in [0.05, 0.1) is 6.33 Å². The van der Waals surface area contributed by atoms with Crippen LogP contribution in [0.25, 0.3) is 11.2 Å². The Kier molecular flexibility index (Phi) is 3.75. The first-order valence-corrected chi connectivity index (χ1v) is 5.87. The molecule has 0 aliphatic heterocycles. The zero-order valence-corrected chi connectivity index (χ0v) is 10.3. The van der Waals surface area contributed by atoms with Gasteiger partial charge in [0.15, 0.2) is 17.0 Å². The first-order chi connectivity index (χ1) is 8.26. The van der Waals surface area contributed by atoms with Gasteiger partial charge >= 0.3 is 0 Å². The number of aliphatic hydroxyl groups excluding tert-OH is 1. The number of rotatable bonds is 5. The summed E-state index contributed by atoms with van der Waals surface area (Å²) in [4.78, 5) is 12.5. The topological polar surface area (TPSA) is 75.9 Å². The quantitative estimate of drug-likeness (QED) is 0.622. The second-order valence-corrected chi connectivity index (χ2v) is 3.89. The molecule has 7 heteroatoms. The highest BCUT2D eigenvalue weighted by atomic mass is 35.5. The Morgan fingerprint density at radius 2 is 2.29 bits per heavy atom. The number of hydrogen-bond acceptors (Lipinski definition) is 5. The maximum absolute atomic E-state index is 8.74. The fourth-order valence-corrected chi connectivity index (χ4v) is 1.72. The van der Waals surface area contributed by atoms with Crippen molar-refractivity contribution in [3.05, 3.63) is 11.6 Å². The van der Waals surface area contributed by atoms with Crippen LogP contribution in [0.5, 0.6) is 0 Å². The molecule has 92 valence electrons. The van der Waals surface area contributed by atoms with Gasteiger partial charge in [-0.05, 0) is 24.9 Å². The minimum Gasteiger partial charge on any atom is -0.396 e. The van der Waals surface area contributed by atoms with Crippen LogP contribution in [-0.4, -0.2) is 37.8 Å². The number of anilines is 1. The van der Waals surface area contributed by atoms with Gasteiger partial charge in [-0.25, -0.2) is 4.98 Å². The van der Waals surface area contributed by atoms with Gasteiger partial charge in [-0.3, -0.25) is 0 Å². The van der Waals surface area contributed by atoms with Crippen LogP contribution in [0.1, 0.15) is 13.3 Å². The van der Waals surface area contributed by atoms with Crippen molar-refractivity contribution >= 4 is 28.6 Å². The lowest BCUT2D eigenvalue weighted by Crippen LogP contribution is -2.06. The van der Waals surface area contributed by atoms with Crippen LogP contribution >= 0.6 is 11.6 Å². The van der Waals surface area contributed by atoms with Crippen LogP contribution < -0.4 is 5.32 Å². The number of hydrogen-bond donors (Lipinski definition) is 2. The Morgan fingerprint density at radius 1 is 1.47 bits per heavy atom. The highest BCUT2D eigenvalue weighted by Gasteiger charge is 2.11. The molecule has 0 saturated carbocycles. The van der Waals surface area contributed by atoms with E-state index >= 15 is 0 Å². The molecule has 17 heavy (non-hydrogen) atoms. The van der Waals surface area contributed by atoms with E-state index in [1.807, 2.05) is 11.5 Å². The molecule has 0 fully saturated rings. The molecule has 0 aromatic carbocycles. The van der Waals surface area contributed by atoms with Crippen molar-refractivity contribution in [2.75, 3.05) is 18.5 Å².